The Morgan fingerprint density at radius 1 is 1.38 bits per heavy atom. The molecule has 1 rings (SSSR count). The Morgan fingerprint density at radius 2 is 2.05 bits per heavy atom. The summed E-state index contributed by atoms with van der Waals surface area (Å²) < 4.78 is 4.91. The minimum absolute atomic E-state index is 0.0595. The largest absolute Gasteiger partial charge is 0.507 e. The zero-order chi connectivity index (χ0) is 16.0. The molecular weight excluding hydrogens is 272 g/mol. The van der Waals surface area contributed by atoms with Gasteiger partial charge >= 0.3 is 5.97 Å². The van der Waals surface area contributed by atoms with Crippen molar-refractivity contribution in [3.05, 3.63) is 28.8 Å². The third-order valence-electron chi connectivity index (χ3n) is 3.05. The lowest BCUT2D eigenvalue weighted by atomic mass is 9.97. The van der Waals surface area contributed by atoms with E-state index in [1.807, 2.05) is 13.0 Å². The molecule has 1 atom stereocenters. The van der Waals surface area contributed by atoms with Crippen molar-refractivity contribution in [3.8, 4) is 5.75 Å². The van der Waals surface area contributed by atoms with Gasteiger partial charge in [-0.05, 0) is 26.3 Å². The number of nitrogens with two attached hydrogens (primary N) is 1. The van der Waals surface area contributed by atoms with Crippen LogP contribution in [0, 0.1) is 13.8 Å². The molecule has 21 heavy (non-hydrogen) atoms. The van der Waals surface area contributed by atoms with Crippen LogP contribution < -0.4 is 11.1 Å². The number of phenolic OH excluding ortho intramolecular Hbond substituents is 1. The number of hydrogen-bond donors (Lipinski definition) is 3. The molecule has 0 unspecified atom stereocenters. The van der Waals surface area contributed by atoms with Crippen LogP contribution in [0.1, 0.15) is 36.1 Å². The molecule has 6 heteroatoms. The molecule has 0 radical (unpaired) electrons. The van der Waals surface area contributed by atoms with Crippen molar-refractivity contribution in [2.24, 2.45) is 5.73 Å². The predicted octanol–water partition coefficient (Wildman–Crippen LogP) is 1.08. The summed E-state index contributed by atoms with van der Waals surface area (Å²) in [5.41, 5.74) is 7.39. The van der Waals surface area contributed by atoms with Crippen LogP contribution in [-0.2, 0) is 14.3 Å². The predicted molar refractivity (Wildman–Crippen MR) is 78.8 cm³/mol. The number of aromatic hydroxyl groups is 1. The number of ether oxygens (including phenoxy) is 1. The minimum atomic E-state index is -0.668. The highest BCUT2D eigenvalue weighted by molar-refractivity contribution is 5.79. The standard InChI is InChI=1S/C15H22N2O4/c1-4-21-14(19)7-12(17-13(18)8-16)11-6-9(2)5-10(3)15(11)20/h5-6,12,20H,4,7-8,16H2,1-3H3,(H,17,18)/t12-/m1/s1. The van der Waals surface area contributed by atoms with Gasteiger partial charge in [-0.25, -0.2) is 0 Å². The van der Waals surface area contributed by atoms with Gasteiger partial charge in [0.15, 0.2) is 0 Å². The van der Waals surface area contributed by atoms with Crippen molar-refractivity contribution in [1.29, 1.82) is 0 Å². The molecule has 1 aromatic carbocycles. The Labute approximate surface area is 124 Å². The maximum Gasteiger partial charge on any atom is 0.308 e. The van der Waals surface area contributed by atoms with Gasteiger partial charge in [-0.1, -0.05) is 17.7 Å². The summed E-state index contributed by atoms with van der Waals surface area (Å²) in [5.74, 6) is -0.784. The van der Waals surface area contributed by atoms with Gasteiger partial charge < -0.3 is 20.9 Å². The summed E-state index contributed by atoms with van der Waals surface area (Å²) >= 11 is 0. The number of aryl methyl sites for hydroxylation is 2. The molecule has 0 aliphatic carbocycles. The van der Waals surface area contributed by atoms with E-state index in [4.69, 9.17) is 10.5 Å². The number of nitrogens with one attached hydrogen (secondary N) is 1. The SMILES string of the molecule is CCOC(=O)C[C@@H](NC(=O)CN)c1cc(C)cc(C)c1O. The first-order chi connectivity index (χ1) is 9.88. The van der Waals surface area contributed by atoms with Gasteiger partial charge in [-0.2, -0.15) is 0 Å². The molecule has 6 nitrogen and oxygen atoms in total. The average Bonchev–Trinajstić information content (AvgIpc) is 2.42. The Balaban J connectivity index is 3.10. The van der Waals surface area contributed by atoms with E-state index < -0.39 is 17.9 Å². The number of rotatable bonds is 6. The zero-order valence-electron chi connectivity index (χ0n) is 12.6. The molecule has 0 heterocycles. The number of carbonyl (C=O) groups excluding carboxylic acids is 2. The number of carbonyl (C=O) groups is 2. The number of amides is 1. The van der Waals surface area contributed by atoms with Crippen molar-refractivity contribution in [1.82, 2.24) is 5.32 Å². The van der Waals surface area contributed by atoms with Crippen LogP contribution in [0.3, 0.4) is 0 Å². The summed E-state index contributed by atoms with van der Waals surface area (Å²) in [6.07, 6.45) is -0.0595. The fourth-order valence-electron chi connectivity index (χ4n) is 2.14. The molecule has 0 spiro atoms. The molecule has 0 bridgehead atoms. The quantitative estimate of drug-likeness (QED) is 0.681. The number of phenols is 1. The Hall–Kier alpha value is -2.08. The minimum Gasteiger partial charge on any atom is -0.507 e. The summed E-state index contributed by atoms with van der Waals surface area (Å²) in [6, 6.07) is 2.90. The van der Waals surface area contributed by atoms with E-state index in [2.05, 4.69) is 5.32 Å². The Morgan fingerprint density at radius 3 is 2.62 bits per heavy atom. The van der Waals surface area contributed by atoms with Crippen molar-refractivity contribution in [3.63, 3.8) is 0 Å². The lowest BCUT2D eigenvalue weighted by molar-refractivity contribution is -0.143. The topological polar surface area (TPSA) is 102 Å². The first-order valence-electron chi connectivity index (χ1n) is 6.84. The summed E-state index contributed by atoms with van der Waals surface area (Å²) in [7, 11) is 0. The summed E-state index contributed by atoms with van der Waals surface area (Å²) in [4.78, 5) is 23.2. The van der Waals surface area contributed by atoms with Crippen LogP contribution in [0.2, 0.25) is 0 Å². The average molecular weight is 294 g/mol. The molecule has 0 aliphatic heterocycles. The second-order valence-corrected chi connectivity index (χ2v) is 4.85. The Kier molecular flexibility index (Phi) is 6.17. The summed E-state index contributed by atoms with van der Waals surface area (Å²) in [5, 5.41) is 12.8. The van der Waals surface area contributed by atoms with E-state index >= 15 is 0 Å². The monoisotopic (exact) mass is 294 g/mol. The van der Waals surface area contributed by atoms with Crippen LogP contribution in [0.25, 0.3) is 0 Å². The maximum atomic E-state index is 11.7. The van der Waals surface area contributed by atoms with Gasteiger partial charge in [0.25, 0.3) is 0 Å². The van der Waals surface area contributed by atoms with Crippen LogP contribution >= 0.6 is 0 Å². The number of hydrogen-bond acceptors (Lipinski definition) is 5. The molecule has 1 amide bonds. The molecular formula is C15H22N2O4. The highest BCUT2D eigenvalue weighted by atomic mass is 16.5. The maximum absolute atomic E-state index is 11.7. The molecule has 0 saturated carbocycles. The molecule has 0 saturated heterocycles. The van der Waals surface area contributed by atoms with E-state index in [-0.39, 0.29) is 25.3 Å². The van der Waals surface area contributed by atoms with E-state index in [0.29, 0.717) is 11.1 Å². The van der Waals surface area contributed by atoms with Crippen LogP contribution in [0.5, 0.6) is 5.75 Å². The van der Waals surface area contributed by atoms with Gasteiger partial charge in [0.05, 0.1) is 25.6 Å². The van der Waals surface area contributed by atoms with Crippen molar-refractivity contribution < 1.29 is 19.4 Å². The third kappa shape index (κ3) is 4.75. The van der Waals surface area contributed by atoms with Crippen LogP contribution in [0.4, 0.5) is 0 Å². The van der Waals surface area contributed by atoms with Crippen molar-refractivity contribution in [2.45, 2.75) is 33.2 Å². The van der Waals surface area contributed by atoms with Gasteiger partial charge in [-0.3, -0.25) is 9.59 Å². The lowest BCUT2D eigenvalue weighted by Crippen LogP contribution is -2.35. The van der Waals surface area contributed by atoms with Gasteiger partial charge in [0, 0.05) is 5.56 Å². The smallest absolute Gasteiger partial charge is 0.308 e. The third-order valence-corrected chi connectivity index (χ3v) is 3.05. The first-order valence-corrected chi connectivity index (χ1v) is 6.84. The number of esters is 1. The second kappa shape index (κ2) is 7.64. The zero-order valence-corrected chi connectivity index (χ0v) is 12.6. The van der Waals surface area contributed by atoms with Crippen molar-refractivity contribution >= 4 is 11.9 Å². The fourth-order valence-corrected chi connectivity index (χ4v) is 2.14. The normalized spacial score (nSPS) is 11.8. The molecule has 0 aromatic heterocycles. The molecule has 116 valence electrons. The highest BCUT2D eigenvalue weighted by Gasteiger charge is 2.22. The van der Waals surface area contributed by atoms with E-state index in [0.717, 1.165) is 5.56 Å². The number of benzene rings is 1. The van der Waals surface area contributed by atoms with Crippen LogP contribution in [0.15, 0.2) is 12.1 Å². The van der Waals surface area contributed by atoms with Gasteiger partial charge in [0.2, 0.25) is 5.91 Å². The molecule has 0 fully saturated rings. The van der Waals surface area contributed by atoms with Crippen molar-refractivity contribution in [2.75, 3.05) is 13.2 Å². The van der Waals surface area contributed by atoms with Gasteiger partial charge in [-0.15, -0.1) is 0 Å². The van der Waals surface area contributed by atoms with E-state index in [1.54, 1.807) is 19.9 Å². The second-order valence-electron chi connectivity index (χ2n) is 4.85. The highest BCUT2D eigenvalue weighted by Crippen LogP contribution is 2.31. The lowest BCUT2D eigenvalue weighted by Gasteiger charge is -2.20. The molecule has 4 N–H and O–H groups in total. The van der Waals surface area contributed by atoms with E-state index in [9.17, 15) is 14.7 Å². The van der Waals surface area contributed by atoms with E-state index in [1.165, 1.54) is 0 Å². The van der Waals surface area contributed by atoms with Crippen LogP contribution in [-0.4, -0.2) is 30.1 Å². The summed E-state index contributed by atoms with van der Waals surface area (Å²) in [6.45, 7) is 5.42. The first kappa shape index (κ1) is 17.0. The fraction of sp³-hybridized carbons (Fsp3) is 0.467. The van der Waals surface area contributed by atoms with Gasteiger partial charge in [0.1, 0.15) is 5.75 Å². The Bertz CT molecular complexity index is 529. The molecule has 1 aromatic rings. The molecule has 0 aliphatic rings.